The molecule has 1 aromatic rings. The van der Waals surface area contributed by atoms with E-state index < -0.39 is 0 Å². The summed E-state index contributed by atoms with van der Waals surface area (Å²) < 4.78 is 6.55. The standard InChI is InChI=1S/C10H13ClO2S/c11-10-8(4-5-14-10)9-3-1-2-7(6-12)13-9/h4-5,7,9,12H,1-3,6H2. The van der Waals surface area contributed by atoms with Crippen LogP contribution in [-0.2, 0) is 4.74 Å². The largest absolute Gasteiger partial charge is 0.394 e. The molecule has 0 spiro atoms. The maximum Gasteiger partial charge on any atom is 0.0986 e. The zero-order valence-electron chi connectivity index (χ0n) is 7.78. The number of hydrogen-bond donors (Lipinski definition) is 1. The van der Waals surface area contributed by atoms with Crippen molar-refractivity contribution >= 4 is 22.9 Å². The highest BCUT2D eigenvalue weighted by Crippen LogP contribution is 2.37. The fourth-order valence-electron chi connectivity index (χ4n) is 1.80. The Morgan fingerprint density at radius 2 is 2.43 bits per heavy atom. The summed E-state index contributed by atoms with van der Waals surface area (Å²) in [7, 11) is 0. The van der Waals surface area contributed by atoms with Crippen LogP contribution in [-0.4, -0.2) is 17.8 Å². The van der Waals surface area contributed by atoms with E-state index in [1.54, 1.807) is 0 Å². The molecule has 0 aromatic carbocycles. The minimum absolute atomic E-state index is 0.00952. The minimum Gasteiger partial charge on any atom is -0.394 e. The van der Waals surface area contributed by atoms with Crippen molar-refractivity contribution in [2.24, 2.45) is 0 Å². The first-order valence-corrected chi connectivity index (χ1v) is 6.06. The van der Waals surface area contributed by atoms with Gasteiger partial charge >= 0.3 is 0 Å². The highest BCUT2D eigenvalue weighted by Gasteiger charge is 2.24. The van der Waals surface area contributed by atoms with Crippen LogP contribution in [0.1, 0.15) is 30.9 Å². The quantitative estimate of drug-likeness (QED) is 0.850. The smallest absolute Gasteiger partial charge is 0.0986 e. The van der Waals surface area contributed by atoms with Gasteiger partial charge in [-0.15, -0.1) is 11.3 Å². The van der Waals surface area contributed by atoms with Crippen LogP contribution in [0.25, 0.3) is 0 Å². The van der Waals surface area contributed by atoms with E-state index in [1.807, 2.05) is 11.4 Å². The number of aliphatic hydroxyl groups excluding tert-OH is 1. The average molecular weight is 233 g/mol. The first-order chi connectivity index (χ1) is 6.81. The van der Waals surface area contributed by atoms with Gasteiger partial charge in [-0.3, -0.25) is 0 Å². The molecule has 0 saturated carbocycles. The monoisotopic (exact) mass is 232 g/mol. The number of thiophene rings is 1. The van der Waals surface area contributed by atoms with Crippen molar-refractivity contribution in [3.8, 4) is 0 Å². The summed E-state index contributed by atoms with van der Waals surface area (Å²) >= 11 is 7.57. The van der Waals surface area contributed by atoms with Crippen LogP contribution in [0.4, 0.5) is 0 Å². The van der Waals surface area contributed by atoms with Crippen LogP contribution in [0.15, 0.2) is 11.4 Å². The Kier molecular flexibility index (Phi) is 3.44. The second kappa shape index (κ2) is 4.62. The number of aliphatic hydroxyl groups is 1. The Hall–Kier alpha value is -0.0900. The first kappa shape index (κ1) is 10.4. The number of rotatable bonds is 2. The van der Waals surface area contributed by atoms with Gasteiger partial charge in [-0.05, 0) is 30.7 Å². The van der Waals surface area contributed by atoms with Gasteiger partial charge in [0.25, 0.3) is 0 Å². The highest BCUT2D eigenvalue weighted by molar-refractivity contribution is 7.14. The lowest BCUT2D eigenvalue weighted by Gasteiger charge is -2.28. The van der Waals surface area contributed by atoms with Crippen molar-refractivity contribution in [1.82, 2.24) is 0 Å². The van der Waals surface area contributed by atoms with Crippen molar-refractivity contribution in [1.29, 1.82) is 0 Å². The molecule has 0 amide bonds. The van der Waals surface area contributed by atoms with Crippen LogP contribution in [0.3, 0.4) is 0 Å². The first-order valence-electron chi connectivity index (χ1n) is 4.80. The van der Waals surface area contributed by atoms with Crippen molar-refractivity contribution in [3.05, 3.63) is 21.3 Å². The molecule has 1 saturated heterocycles. The van der Waals surface area contributed by atoms with E-state index in [-0.39, 0.29) is 18.8 Å². The van der Waals surface area contributed by atoms with E-state index in [4.69, 9.17) is 21.4 Å². The van der Waals surface area contributed by atoms with E-state index >= 15 is 0 Å². The molecule has 1 N–H and O–H groups in total. The molecule has 4 heteroatoms. The lowest BCUT2D eigenvalue weighted by Crippen LogP contribution is -2.25. The molecule has 0 radical (unpaired) electrons. The Morgan fingerprint density at radius 1 is 1.57 bits per heavy atom. The summed E-state index contributed by atoms with van der Waals surface area (Å²) in [5, 5.41) is 11.0. The fourth-order valence-corrected chi connectivity index (χ4v) is 2.81. The molecule has 0 aliphatic carbocycles. The van der Waals surface area contributed by atoms with E-state index in [0.717, 1.165) is 29.2 Å². The third kappa shape index (κ3) is 2.11. The molecule has 1 fully saturated rings. The lowest BCUT2D eigenvalue weighted by molar-refractivity contribution is -0.0734. The summed E-state index contributed by atoms with van der Waals surface area (Å²) in [5.74, 6) is 0. The van der Waals surface area contributed by atoms with Gasteiger partial charge in [0.15, 0.2) is 0 Å². The SMILES string of the molecule is OCC1CCCC(c2ccsc2Cl)O1. The molecule has 1 aromatic heterocycles. The van der Waals surface area contributed by atoms with E-state index in [9.17, 15) is 0 Å². The van der Waals surface area contributed by atoms with E-state index in [0.29, 0.717) is 0 Å². The van der Waals surface area contributed by atoms with Gasteiger partial charge in [0.2, 0.25) is 0 Å². The molecule has 2 rings (SSSR count). The molecule has 78 valence electrons. The number of hydrogen-bond acceptors (Lipinski definition) is 3. The van der Waals surface area contributed by atoms with E-state index in [1.165, 1.54) is 11.3 Å². The maximum atomic E-state index is 9.02. The summed E-state index contributed by atoms with van der Waals surface area (Å²) in [4.78, 5) is 0. The molecule has 1 aliphatic rings. The highest BCUT2D eigenvalue weighted by atomic mass is 35.5. The Bertz CT molecular complexity index is 300. The van der Waals surface area contributed by atoms with Crippen molar-refractivity contribution in [2.45, 2.75) is 31.5 Å². The van der Waals surface area contributed by atoms with E-state index in [2.05, 4.69) is 0 Å². The molecule has 2 heterocycles. The molecule has 2 unspecified atom stereocenters. The van der Waals surface area contributed by atoms with Crippen LogP contribution < -0.4 is 0 Å². The zero-order valence-corrected chi connectivity index (χ0v) is 9.35. The van der Waals surface area contributed by atoms with Crippen LogP contribution >= 0.6 is 22.9 Å². The van der Waals surface area contributed by atoms with Gasteiger partial charge in [-0.25, -0.2) is 0 Å². The van der Waals surface area contributed by atoms with Gasteiger partial charge in [-0.2, -0.15) is 0 Å². The topological polar surface area (TPSA) is 29.5 Å². The third-order valence-electron chi connectivity index (χ3n) is 2.55. The van der Waals surface area contributed by atoms with Gasteiger partial charge < -0.3 is 9.84 Å². The molecule has 14 heavy (non-hydrogen) atoms. The maximum absolute atomic E-state index is 9.02. The summed E-state index contributed by atoms with van der Waals surface area (Å²) in [6.45, 7) is 0.109. The van der Waals surface area contributed by atoms with Crippen LogP contribution in [0.2, 0.25) is 4.34 Å². The summed E-state index contributed by atoms with van der Waals surface area (Å²) in [5.41, 5.74) is 1.08. The fraction of sp³-hybridized carbons (Fsp3) is 0.600. The summed E-state index contributed by atoms with van der Waals surface area (Å²) in [6, 6.07) is 2.01. The molecular formula is C10H13ClO2S. The number of halogens is 1. The second-order valence-electron chi connectivity index (χ2n) is 3.51. The lowest BCUT2D eigenvalue weighted by atomic mass is 10.0. The molecule has 0 bridgehead atoms. The number of ether oxygens (including phenoxy) is 1. The minimum atomic E-state index is -0.00952. The second-order valence-corrected chi connectivity index (χ2v) is 5.03. The van der Waals surface area contributed by atoms with Gasteiger partial charge in [0.1, 0.15) is 0 Å². The Labute approximate surface area is 92.5 Å². The Balaban J connectivity index is 2.08. The molecular weight excluding hydrogens is 220 g/mol. The third-order valence-corrected chi connectivity index (χ3v) is 3.75. The van der Waals surface area contributed by atoms with Gasteiger partial charge in [0, 0.05) is 5.56 Å². The molecule has 2 atom stereocenters. The van der Waals surface area contributed by atoms with Gasteiger partial charge in [-0.1, -0.05) is 11.6 Å². The zero-order chi connectivity index (χ0) is 9.97. The van der Waals surface area contributed by atoms with Crippen LogP contribution in [0.5, 0.6) is 0 Å². The molecule has 1 aliphatic heterocycles. The van der Waals surface area contributed by atoms with Crippen molar-refractivity contribution in [3.63, 3.8) is 0 Å². The van der Waals surface area contributed by atoms with Crippen LogP contribution in [0, 0.1) is 0 Å². The van der Waals surface area contributed by atoms with Gasteiger partial charge in [0.05, 0.1) is 23.2 Å². The predicted octanol–water partition coefficient (Wildman–Crippen LogP) is 3.00. The normalized spacial score (nSPS) is 27.9. The van der Waals surface area contributed by atoms with Crippen molar-refractivity contribution < 1.29 is 9.84 Å². The Morgan fingerprint density at radius 3 is 3.07 bits per heavy atom. The summed E-state index contributed by atoms with van der Waals surface area (Å²) in [6.07, 6.45) is 3.13. The predicted molar refractivity (Wildman–Crippen MR) is 57.9 cm³/mol. The average Bonchev–Trinajstić information content (AvgIpc) is 2.65. The molecule has 2 nitrogen and oxygen atoms in total. The van der Waals surface area contributed by atoms with Crippen molar-refractivity contribution in [2.75, 3.05) is 6.61 Å².